The average molecular weight is 402 g/mol. The number of nitrogens with one attached hydrogen (secondary N) is 2. The van der Waals surface area contributed by atoms with Crippen molar-refractivity contribution >= 4 is 29.0 Å². The molecule has 2 aromatic carbocycles. The lowest BCUT2D eigenvalue weighted by molar-refractivity contribution is -0.901. The number of benzene rings is 2. The number of anilines is 1. The van der Waals surface area contributed by atoms with Gasteiger partial charge in [0.15, 0.2) is 0 Å². The van der Waals surface area contributed by atoms with Crippen molar-refractivity contribution in [1.82, 2.24) is 0 Å². The standard InChI is InChI=1S/C21H24ClN3O3/c1-14(23-24-19-12-16(21(26)27)5-7-18(19)22)15-6-8-20(28-2)17(11-15)13-25-9-3-4-10-25/h5-8,11-12,24H,3-4,9-10,13H2,1-2H3,(H,26,27)/b23-14-. The lowest BCUT2D eigenvalue weighted by Crippen LogP contribution is -3.08. The number of nitrogens with zero attached hydrogens (tertiary/aromatic N) is 1. The van der Waals surface area contributed by atoms with Gasteiger partial charge in [0.1, 0.15) is 12.3 Å². The van der Waals surface area contributed by atoms with Crippen molar-refractivity contribution in [1.29, 1.82) is 0 Å². The van der Waals surface area contributed by atoms with Crippen LogP contribution in [0.4, 0.5) is 5.69 Å². The number of halogens is 1. The summed E-state index contributed by atoms with van der Waals surface area (Å²) in [5, 5.41) is 15.8. The van der Waals surface area contributed by atoms with Gasteiger partial charge in [-0.15, -0.1) is 0 Å². The first-order valence-electron chi connectivity index (χ1n) is 9.30. The molecule has 1 saturated heterocycles. The summed E-state index contributed by atoms with van der Waals surface area (Å²) in [4.78, 5) is 12.6. The second-order valence-corrected chi connectivity index (χ2v) is 7.36. The summed E-state index contributed by atoms with van der Waals surface area (Å²) in [5.41, 5.74) is 6.19. The lowest BCUT2D eigenvalue weighted by Gasteiger charge is -2.16. The van der Waals surface area contributed by atoms with E-state index in [1.54, 1.807) is 12.0 Å². The molecule has 2 N–H and O–H groups in total. The Kier molecular flexibility index (Phi) is 6.54. The van der Waals surface area contributed by atoms with Gasteiger partial charge in [-0.25, -0.2) is 0 Å². The van der Waals surface area contributed by atoms with E-state index in [9.17, 15) is 9.90 Å². The third kappa shape index (κ3) is 4.82. The molecule has 3 rings (SSSR count). The van der Waals surface area contributed by atoms with Crippen LogP contribution in [-0.2, 0) is 6.54 Å². The molecule has 0 amide bonds. The minimum Gasteiger partial charge on any atom is -0.545 e. The van der Waals surface area contributed by atoms with Crippen molar-refractivity contribution in [2.24, 2.45) is 5.10 Å². The number of carbonyl (C=O) groups excluding carboxylic acids is 1. The number of hydrazone groups is 1. The first kappa shape index (κ1) is 20.2. The largest absolute Gasteiger partial charge is 0.545 e. The van der Waals surface area contributed by atoms with E-state index in [-0.39, 0.29) is 5.56 Å². The Morgan fingerprint density at radius 3 is 2.61 bits per heavy atom. The molecule has 1 aliphatic heterocycles. The van der Waals surface area contributed by atoms with Crippen molar-refractivity contribution in [2.45, 2.75) is 26.3 Å². The van der Waals surface area contributed by atoms with Crippen LogP contribution in [0.15, 0.2) is 41.5 Å². The molecule has 0 unspecified atom stereocenters. The van der Waals surface area contributed by atoms with Crippen LogP contribution in [-0.4, -0.2) is 31.9 Å². The molecule has 148 valence electrons. The van der Waals surface area contributed by atoms with Crippen molar-refractivity contribution in [3.8, 4) is 5.75 Å². The molecule has 0 spiro atoms. The van der Waals surface area contributed by atoms with Crippen LogP contribution in [0, 0.1) is 0 Å². The maximum absolute atomic E-state index is 11.0. The first-order chi connectivity index (χ1) is 13.5. The average Bonchev–Trinajstić information content (AvgIpc) is 3.20. The number of carboxylic acids is 1. The zero-order chi connectivity index (χ0) is 20.1. The summed E-state index contributed by atoms with van der Waals surface area (Å²) in [7, 11) is 1.69. The number of quaternary nitrogens is 1. The number of carbonyl (C=O) groups is 1. The molecule has 6 nitrogen and oxygen atoms in total. The van der Waals surface area contributed by atoms with Gasteiger partial charge in [0.05, 0.1) is 42.6 Å². The second kappa shape index (κ2) is 9.08. The Balaban J connectivity index is 1.80. The molecule has 0 bridgehead atoms. The van der Waals surface area contributed by atoms with E-state index in [0.717, 1.165) is 29.1 Å². The zero-order valence-electron chi connectivity index (χ0n) is 16.0. The van der Waals surface area contributed by atoms with Gasteiger partial charge in [-0.2, -0.15) is 5.10 Å². The van der Waals surface area contributed by atoms with Crippen LogP contribution in [0.25, 0.3) is 0 Å². The van der Waals surface area contributed by atoms with Crippen LogP contribution in [0.3, 0.4) is 0 Å². The lowest BCUT2D eigenvalue weighted by atomic mass is 10.1. The van der Waals surface area contributed by atoms with Crippen LogP contribution in [0.2, 0.25) is 5.02 Å². The minimum atomic E-state index is -1.26. The van der Waals surface area contributed by atoms with Crippen LogP contribution in [0.1, 0.15) is 41.3 Å². The number of likely N-dealkylation sites (tertiary alicyclic amines) is 1. The molecule has 0 aromatic heterocycles. The summed E-state index contributed by atoms with van der Waals surface area (Å²) in [5.74, 6) is -0.377. The van der Waals surface area contributed by atoms with Gasteiger partial charge in [0.25, 0.3) is 0 Å². The van der Waals surface area contributed by atoms with Crippen molar-refractivity contribution in [3.05, 3.63) is 58.1 Å². The Labute approximate surface area is 169 Å². The Hall–Kier alpha value is -2.57. The molecule has 0 aliphatic carbocycles. The number of methoxy groups -OCH3 is 1. The smallest absolute Gasteiger partial charge is 0.127 e. The van der Waals surface area contributed by atoms with E-state index in [4.69, 9.17) is 16.3 Å². The Morgan fingerprint density at radius 1 is 1.21 bits per heavy atom. The fourth-order valence-corrected chi connectivity index (χ4v) is 3.57. The van der Waals surface area contributed by atoms with E-state index < -0.39 is 5.97 Å². The minimum absolute atomic E-state index is 0.0417. The van der Waals surface area contributed by atoms with Crippen molar-refractivity contribution in [3.63, 3.8) is 0 Å². The van der Waals surface area contributed by atoms with Crippen molar-refractivity contribution in [2.75, 3.05) is 25.6 Å². The van der Waals surface area contributed by atoms with Gasteiger partial charge >= 0.3 is 0 Å². The number of carboxylic acid groups (broad SMARTS) is 1. The molecule has 0 atom stereocenters. The monoisotopic (exact) mass is 401 g/mol. The molecule has 7 heteroatoms. The molecule has 2 aromatic rings. The highest BCUT2D eigenvalue weighted by Gasteiger charge is 2.18. The predicted octanol–water partition coefficient (Wildman–Crippen LogP) is 1.73. The van der Waals surface area contributed by atoms with Gasteiger partial charge in [-0.1, -0.05) is 17.7 Å². The van der Waals surface area contributed by atoms with Crippen LogP contribution in [0.5, 0.6) is 5.75 Å². The van der Waals surface area contributed by atoms with Gasteiger partial charge in [0.2, 0.25) is 0 Å². The van der Waals surface area contributed by atoms with E-state index in [0.29, 0.717) is 10.7 Å². The molecule has 1 aliphatic rings. The van der Waals surface area contributed by atoms with Gasteiger partial charge in [-0.05, 0) is 48.4 Å². The summed E-state index contributed by atoms with van der Waals surface area (Å²) in [6, 6.07) is 10.3. The highest BCUT2D eigenvalue weighted by molar-refractivity contribution is 6.33. The molecule has 28 heavy (non-hydrogen) atoms. The fraction of sp³-hybridized carbons (Fsp3) is 0.333. The van der Waals surface area contributed by atoms with Crippen LogP contribution < -0.4 is 20.2 Å². The van der Waals surface area contributed by atoms with E-state index >= 15 is 0 Å². The highest BCUT2D eigenvalue weighted by Crippen LogP contribution is 2.24. The Bertz CT molecular complexity index is 892. The normalized spacial score (nSPS) is 14.9. The molecular weight excluding hydrogens is 378 g/mol. The summed E-state index contributed by atoms with van der Waals surface area (Å²) in [6.07, 6.45) is 2.54. The fourth-order valence-electron chi connectivity index (χ4n) is 3.41. The maximum atomic E-state index is 11.0. The summed E-state index contributed by atoms with van der Waals surface area (Å²) < 4.78 is 5.52. The first-order valence-corrected chi connectivity index (χ1v) is 9.68. The Morgan fingerprint density at radius 2 is 1.93 bits per heavy atom. The van der Waals surface area contributed by atoms with Gasteiger partial charge in [-0.3, -0.25) is 5.43 Å². The number of rotatable bonds is 7. The SMILES string of the molecule is COc1ccc(/C(C)=N\Nc2cc(C(=O)[O-])ccc2Cl)cc1C[NH+]1CCCC1. The number of ether oxygens (including phenoxy) is 1. The molecule has 1 fully saturated rings. The number of hydrogen-bond donors (Lipinski definition) is 2. The summed E-state index contributed by atoms with van der Waals surface area (Å²) >= 11 is 6.13. The zero-order valence-corrected chi connectivity index (χ0v) is 16.8. The quantitative estimate of drug-likeness (QED) is 0.547. The van der Waals surface area contributed by atoms with E-state index in [1.165, 1.54) is 44.1 Å². The number of hydrogen-bond acceptors (Lipinski definition) is 5. The third-order valence-electron chi connectivity index (χ3n) is 5.00. The van der Waals surface area contributed by atoms with E-state index in [2.05, 4.69) is 16.6 Å². The highest BCUT2D eigenvalue weighted by atomic mass is 35.5. The van der Waals surface area contributed by atoms with Gasteiger partial charge < -0.3 is 19.5 Å². The van der Waals surface area contributed by atoms with Gasteiger partial charge in [0, 0.05) is 18.4 Å². The maximum Gasteiger partial charge on any atom is 0.127 e. The number of aromatic carboxylic acids is 1. The molecule has 0 saturated carbocycles. The summed E-state index contributed by atoms with van der Waals surface area (Å²) in [6.45, 7) is 5.19. The third-order valence-corrected chi connectivity index (χ3v) is 5.32. The predicted molar refractivity (Wildman–Crippen MR) is 108 cm³/mol. The topological polar surface area (TPSA) is 78.2 Å². The van der Waals surface area contributed by atoms with E-state index in [1.807, 2.05) is 19.1 Å². The van der Waals surface area contributed by atoms with Crippen LogP contribution >= 0.6 is 11.6 Å². The molecular formula is C21H24ClN3O3. The molecule has 1 heterocycles. The second-order valence-electron chi connectivity index (χ2n) is 6.95. The van der Waals surface area contributed by atoms with Crippen molar-refractivity contribution < 1.29 is 19.5 Å². The molecule has 0 radical (unpaired) electrons.